The van der Waals surface area contributed by atoms with Gasteiger partial charge in [0, 0.05) is 0 Å². The van der Waals surface area contributed by atoms with Gasteiger partial charge in [0.15, 0.2) is 11.0 Å². The van der Waals surface area contributed by atoms with Crippen LogP contribution < -0.4 is 10.5 Å². The van der Waals surface area contributed by atoms with E-state index in [0.717, 1.165) is 0 Å². The van der Waals surface area contributed by atoms with Gasteiger partial charge in [-0.25, -0.2) is 9.97 Å². The number of fused-ring (bicyclic) bond motifs is 1. The lowest BCUT2D eigenvalue weighted by Crippen LogP contribution is -1.96. The van der Waals surface area contributed by atoms with E-state index in [1.54, 1.807) is 19.2 Å². The SMILES string of the molecule is COc1cccc2nc(N)c(Cl)nc12. The summed E-state index contributed by atoms with van der Waals surface area (Å²) in [5.41, 5.74) is 6.82. The van der Waals surface area contributed by atoms with Crippen LogP contribution in [0.1, 0.15) is 0 Å². The molecule has 72 valence electrons. The van der Waals surface area contributed by atoms with Crippen LogP contribution in [-0.2, 0) is 0 Å². The van der Waals surface area contributed by atoms with Crippen LogP contribution in [0.2, 0.25) is 5.15 Å². The van der Waals surface area contributed by atoms with E-state index >= 15 is 0 Å². The Kier molecular flexibility index (Phi) is 2.13. The van der Waals surface area contributed by atoms with Crippen LogP contribution in [-0.4, -0.2) is 17.1 Å². The number of benzene rings is 1. The third-order valence-corrected chi connectivity index (χ3v) is 2.14. The van der Waals surface area contributed by atoms with E-state index in [1.807, 2.05) is 6.07 Å². The smallest absolute Gasteiger partial charge is 0.171 e. The molecule has 0 saturated carbocycles. The highest BCUT2D eigenvalue weighted by atomic mass is 35.5. The molecule has 0 aliphatic carbocycles. The van der Waals surface area contributed by atoms with Crippen molar-refractivity contribution < 1.29 is 4.74 Å². The lowest BCUT2D eigenvalue weighted by atomic mass is 10.3. The largest absolute Gasteiger partial charge is 0.494 e. The zero-order valence-corrected chi connectivity index (χ0v) is 8.25. The molecular weight excluding hydrogens is 202 g/mol. The minimum absolute atomic E-state index is 0.196. The van der Waals surface area contributed by atoms with Crippen LogP contribution in [0, 0.1) is 0 Å². The fraction of sp³-hybridized carbons (Fsp3) is 0.111. The van der Waals surface area contributed by atoms with Crippen molar-refractivity contribution in [1.29, 1.82) is 0 Å². The topological polar surface area (TPSA) is 61.0 Å². The number of aromatic nitrogens is 2. The molecule has 0 amide bonds. The number of hydrogen-bond acceptors (Lipinski definition) is 4. The second kappa shape index (κ2) is 3.31. The number of para-hydroxylation sites is 1. The van der Waals surface area contributed by atoms with Crippen molar-refractivity contribution in [3.05, 3.63) is 23.4 Å². The molecule has 0 unspecified atom stereocenters. The van der Waals surface area contributed by atoms with E-state index in [2.05, 4.69) is 9.97 Å². The molecule has 0 bridgehead atoms. The summed E-state index contributed by atoms with van der Waals surface area (Å²) >= 11 is 5.76. The molecule has 1 aromatic heterocycles. The van der Waals surface area contributed by atoms with Crippen LogP contribution in [0.5, 0.6) is 5.75 Å². The standard InChI is InChI=1S/C9H8ClN3O/c1-14-6-4-2-3-5-7(6)13-8(10)9(11)12-5/h2-4H,1H3,(H2,11,12). The second-order valence-corrected chi connectivity index (χ2v) is 3.09. The van der Waals surface area contributed by atoms with Crippen LogP contribution in [0.15, 0.2) is 18.2 Å². The number of ether oxygens (including phenoxy) is 1. The number of anilines is 1. The van der Waals surface area contributed by atoms with Gasteiger partial charge in [0.25, 0.3) is 0 Å². The monoisotopic (exact) mass is 209 g/mol. The van der Waals surface area contributed by atoms with Gasteiger partial charge in [-0.3, -0.25) is 0 Å². The summed E-state index contributed by atoms with van der Waals surface area (Å²) in [5, 5.41) is 0.196. The van der Waals surface area contributed by atoms with Crippen molar-refractivity contribution >= 4 is 28.5 Å². The van der Waals surface area contributed by atoms with Crippen molar-refractivity contribution in [3.8, 4) is 5.75 Å². The predicted molar refractivity (Wildman–Crippen MR) is 55.5 cm³/mol. The number of nitrogens with two attached hydrogens (primary N) is 1. The molecule has 0 aliphatic heterocycles. The minimum atomic E-state index is 0.196. The summed E-state index contributed by atoms with van der Waals surface area (Å²) in [5.74, 6) is 0.865. The molecule has 2 N–H and O–H groups in total. The van der Waals surface area contributed by atoms with Gasteiger partial charge in [-0.1, -0.05) is 17.7 Å². The first kappa shape index (κ1) is 9.02. The first-order chi connectivity index (χ1) is 6.72. The van der Waals surface area contributed by atoms with E-state index in [4.69, 9.17) is 22.1 Å². The van der Waals surface area contributed by atoms with Gasteiger partial charge < -0.3 is 10.5 Å². The first-order valence-corrected chi connectivity index (χ1v) is 4.36. The van der Waals surface area contributed by atoms with Crippen molar-refractivity contribution in [2.75, 3.05) is 12.8 Å². The summed E-state index contributed by atoms with van der Waals surface area (Å²) in [6.07, 6.45) is 0. The molecule has 0 atom stereocenters. The van der Waals surface area contributed by atoms with Crippen molar-refractivity contribution in [1.82, 2.24) is 9.97 Å². The average molecular weight is 210 g/mol. The molecule has 5 heteroatoms. The third-order valence-electron chi connectivity index (χ3n) is 1.86. The molecule has 2 aromatic rings. The first-order valence-electron chi connectivity index (χ1n) is 3.98. The Morgan fingerprint density at radius 2 is 2.14 bits per heavy atom. The van der Waals surface area contributed by atoms with E-state index < -0.39 is 0 Å². The lowest BCUT2D eigenvalue weighted by Gasteiger charge is -2.04. The Balaban J connectivity index is 2.81. The molecule has 0 fully saturated rings. The van der Waals surface area contributed by atoms with Crippen molar-refractivity contribution in [3.63, 3.8) is 0 Å². The maximum Gasteiger partial charge on any atom is 0.171 e. The summed E-state index contributed by atoms with van der Waals surface area (Å²) in [4.78, 5) is 8.19. The Labute approximate surface area is 85.7 Å². The van der Waals surface area contributed by atoms with Gasteiger partial charge in [-0.2, -0.15) is 0 Å². The number of methoxy groups -OCH3 is 1. The minimum Gasteiger partial charge on any atom is -0.494 e. The quantitative estimate of drug-likeness (QED) is 0.779. The van der Waals surface area contributed by atoms with Crippen LogP contribution in [0.25, 0.3) is 11.0 Å². The summed E-state index contributed by atoms with van der Waals surface area (Å²) in [7, 11) is 1.57. The van der Waals surface area contributed by atoms with Crippen LogP contribution >= 0.6 is 11.6 Å². The summed E-state index contributed by atoms with van der Waals surface area (Å²) in [6.45, 7) is 0. The highest BCUT2D eigenvalue weighted by Gasteiger charge is 2.07. The fourth-order valence-electron chi connectivity index (χ4n) is 1.21. The van der Waals surface area contributed by atoms with Gasteiger partial charge in [-0.05, 0) is 12.1 Å². The molecule has 0 aliphatic rings. The number of rotatable bonds is 1. The second-order valence-electron chi connectivity index (χ2n) is 2.73. The van der Waals surface area contributed by atoms with Crippen LogP contribution in [0.4, 0.5) is 5.82 Å². The van der Waals surface area contributed by atoms with Crippen LogP contribution in [0.3, 0.4) is 0 Å². The zero-order chi connectivity index (χ0) is 10.1. The number of nitrogens with zero attached hydrogens (tertiary/aromatic N) is 2. The maximum absolute atomic E-state index is 5.76. The van der Waals surface area contributed by atoms with Gasteiger partial charge in [0.1, 0.15) is 11.3 Å². The summed E-state index contributed by atoms with van der Waals surface area (Å²) in [6, 6.07) is 5.42. The highest BCUT2D eigenvalue weighted by molar-refractivity contribution is 6.31. The molecule has 0 saturated heterocycles. The molecule has 4 nitrogen and oxygen atoms in total. The lowest BCUT2D eigenvalue weighted by molar-refractivity contribution is 0.419. The zero-order valence-electron chi connectivity index (χ0n) is 7.49. The third kappa shape index (κ3) is 1.33. The van der Waals surface area contributed by atoms with E-state index in [9.17, 15) is 0 Å². The molecule has 1 heterocycles. The Morgan fingerprint density at radius 1 is 1.36 bits per heavy atom. The molecule has 0 spiro atoms. The van der Waals surface area contributed by atoms with Gasteiger partial charge >= 0.3 is 0 Å². The number of halogens is 1. The number of nitrogen functional groups attached to an aromatic ring is 1. The van der Waals surface area contributed by atoms with E-state index in [-0.39, 0.29) is 11.0 Å². The molecule has 0 radical (unpaired) electrons. The van der Waals surface area contributed by atoms with Gasteiger partial charge in [0.05, 0.1) is 12.6 Å². The maximum atomic E-state index is 5.76. The Bertz CT molecular complexity index is 487. The van der Waals surface area contributed by atoms with E-state index in [0.29, 0.717) is 16.8 Å². The fourth-order valence-corrected chi connectivity index (χ4v) is 1.34. The Morgan fingerprint density at radius 3 is 2.86 bits per heavy atom. The predicted octanol–water partition coefficient (Wildman–Crippen LogP) is 1.87. The van der Waals surface area contributed by atoms with Crippen molar-refractivity contribution in [2.45, 2.75) is 0 Å². The average Bonchev–Trinajstić information content (AvgIpc) is 2.19. The molecule has 1 aromatic carbocycles. The Hall–Kier alpha value is -1.55. The summed E-state index contributed by atoms with van der Waals surface area (Å²) < 4.78 is 5.12. The highest BCUT2D eigenvalue weighted by Crippen LogP contribution is 2.25. The molecule has 2 rings (SSSR count). The van der Waals surface area contributed by atoms with E-state index in [1.165, 1.54) is 0 Å². The normalized spacial score (nSPS) is 10.4. The van der Waals surface area contributed by atoms with Gasteiger partial charge in [0.2, 0.25) is 0 Å². The number of hydrogen-bond donors (Lipinski definition) is 1. The molecule has 14 heavy (non-hydrogen) atoms. The molecular formula is C9H8ClN3O. The van der Waals surface area contributed by atoms with Crippen molar-refractivity contribution in [2.24, 2.45) is 0 Å². The van der Waals surface area contributed by atoms with Gasteiger partial charge in [-0.15, -0.1) is 0 Å².